The van der Waals surface area contributed by atoms with E-state index in [2.05, 4.69) is 24.1 Å². The van der Waals surface area contributed by atoms with Crippen molar-refractivity contribution in [1.29, 1.82) is 0 Å². The van der Waals surface area contributed by atoms with Crippen molar-refractivity contribution in [3.8, 4) is 0 Å². The predicted octanol–water partition coefficient (Wildman–Crippen LogP) is 3.69. The molecule has 1 saturated heterocycles. The molecule has 1 N–H and O–H groups in total. The highest BCUT2D eigenvalue weighted by Crippen LogP contribution is 2.30. The molecule has 26 heavy (non-hydrogen) atoms. The van der Waals surface area contributed by atoms with Crippen molar-refractivity contribution >= 4 is 5.96 Å². The van der Waals surface area contributed by atoms with Crippen LogP contribution >= 0.6 is 0 Å². The summed E-state index contributed by atoms with van der Waals surface area (Å²) < 4.78 is 11.1. The van der Waals surface area contributed by atoms with Gasteiger partial charge in [0.05, 0.1) is 6.10 Å². The smallest absolute Gasteiger partial charge is 0.193 e. The minimum Gasteiger partial charge on any atom is -0.385 e. The van der Waals surface area contributed by atoms with Gasteiger partial charge in [-0.25, -0.2) is 0 Å². The number of likely N-dealkylation sites (tertiary alicyclic amines) is 1. The van der Waals surface area contributed by atoms with E-state index in [1.54, 1.807) is 7.11 Å². The topological polar surface area (TPSA) is 46.1 Å². The van der Waals surface area contributed by atoms with E-state index in [-0.39, 0.29) is 0 Å². The van der Waals surface area contributed by atoms with Crippen LogP contribution in [0.25, 0.3) is 0 Å². The molecule has 0 radical (unpaired) electrons. The number of guanidine groups is 1. The summed E-state index contributed by atoms with van der Waals surface area (Å²) in [6.45, 7) is 10.1. The zero-order valence-electron chi connectivity index (χ0n) is 17.3. The zero-order chi connectivity index (χ0) is 18.6. The second-order valence-electron chi connectivity index (χ2n) is 7.89. The normalized spacial score (nSPS) is 25.5. The molecule has 1 heterocycles. The van der Waals surface area contributed by atoms with E-state index < -0.39 is 0 Å². The van der Waals surface area contributed by atoms with Crippen LogP contribution in [-0.2, 0) is 9.47 Å². The van der Waals surface area contributed by atoms with E-state index in [4.69, 9.17) is 14.5 Å². The first-order valence-corrected chi connectivity index (χ1v) is 10.9. The number of nitrogens with one attached hydrogen (secondary N) is 1. The quantitative estimate of drug-likeness (QED) is 0.384. The van der Waals surface area contributed by atoms with Crippen LogP contribution in [0.1, 0.15) is 65.2 Å². The monoisotopic (exact) mass is 367 g/mol. The Morgan fingerprint density at radius 2 is 1.69 bits per heavy atom. The van der Waals surface area contributed by atoms with Crippen LogP contribution in [-0.4, -0.2) is 63.5 Å². The molecule has 0 aromatic rings. The van der Waals surface area contributed by atoms with Crippen molar-refractivity contribution in [1.82, 2.24) is 10.2 Å². The van der Waals surface area contributed by atoms with Crippen molar-refractivity contribution in [3.63, 3.8) is 0 Å². The molecule has 1 saturated carbocycles. The van der Waals surface area contributed by atoms with Crippen molar-refractivity contribution in [2.24, 2.45) is 16.8 Å². The van der Waals surface area contributed by atoms with E-state index in [1.165, 1.54) is 32.1 Å². The summed E-state index contributed by atoms with van der Waals surface area (Å²) in [5, 5.41) is 3.51. The number of hydrogen-bond donors (Lipinski definition) is 1. The Morgan fingerprint density at radius 3 is 2.31 bits per heavy atom. The maximum absolute atomic E-state index is 5.98. The molecule has 2 rings (SSSR count). The highest BCUT2D eigenvalue weighted by atomic mass is 16.5. The van der Waals surface area contributed by atoms with Gasteiger partial charge in [-0.2, -0.15) is 0 Å². The molecule has 0 spiro atoms. The second-order valence-corrected chi connectivity index (χ2v) is 7.89. The van der Waals surface area contributed by atoms with Crippen LogP contribution in [0.15, 0.2) is 4.99 Å². The second kappa shape index (κ2) is 12.6. The molecule has 0 atom stereocenters. The molecule has 2 fully saturated rings. The van der Waals surface area contributed by atoms with Crippen LogP contribution < -0.4 is 5.32 Å². The van der Waals surface area contributed by atoms with Crippen molar-refractivity contribution in [2.75, 3.05) is 46.5 Å². The molecular formula is C21H41N3O2. The molecule has 2 aliphatic rings. The molecular weight excluding hydrogens is 326 g/mol. The standard InChI is InChI=1S/C21H41N3O2/c1-4-18-7-9-19(10-8-18)17-23-21(22-5-2)24-13-11-20(12-14-24)26-16-6-15-25-3/h18-20H,4-17H2,1-3H3,(H,22,23). The van der Waals surface area contributed by atoms with E-state index in [0.717, 1.165) is 76.5 Å². The lowest BCUT2D eigenvalue weighted by molar-refractivity contribution is 0.00989. The molecule has 0 unspecified atom stereocenters. The Morgan fingerprint density at radius 1 is 1.00 bits per heavy atom. The predicted molar refractivity (Wildman–Crippen MR) is 109 cm³/mol. The van der Waals surface area contributed by atoms with Gasteiger partial charge < -0.3 is 19.7 Å². The van der Waals surface area contributed by atoms with Gasteiger partial charge in [0.1, 0.15) is 0 Å². The van der Waals surface area contributed by atoms with Gasteiger partial charge in [-0.05, 0) is 50.9 Å². The third-order valence-corrected chi connectivity index (χ3v) is 5.97. The summed E-state index contributed by atoms with van der Waals surface area (Å²) in [5.41, 5.74) is 0. The number of rotatable bonds is 9. The van der Waals surface area contributed by atoms with Gasteiger partial charge in [-0.1, -0.05) is 26.2 Å². The van der Waals surface area contributed by atoms with Crippen LogP contribution in [0.3, 0.4) is 0 Å². The fraction of sp³-hybridized carbons (Fsp3) is 0.952. The summed E-state index contributed by atoms with van der Waals surface area (Å²) in [6, 6.07) is 0. The van der Waals surface area contributed by atoms with E-state index >= 15 is 0 Å². The van der Waals surface area contributed by atoms with Crippen LogP contribution in [0.4, 0.5) is 0 Å². The molecule has 1 aliphatic carbocycles. The summed E-state index contributed by atoms with van der Waals surface area (Å²) in [6.07, 6.45) is 10.4. The van der Waals surface area contributed by atoms with Crippen molar-refractivity contribution in [3.05, 3.63) is 0 Å². The van der Waals surface area contributed by atoms with E-state index in [9.17, 15) is 0 Å². The average Bonchev–Trinajstić information content (AvgIpc) is 2.69. The Bertz CT molecular complexity index is 387. The van der Waals surface area contributed by atoms with Crippen LogP contribution in [0.5, 0.6) is 0 Å². The number of nitrogens with zero attached hydrogens (tertiary/aromatic N) is 2. The zero-order valence-corrected chi connectivity index (χ0v) is 17.3. The Labute approximate surface area is 160 Å². The lowest BCUT2D eigenvalue weighted by Gasteiger charge is -2.34. The maximum atomic E-state index is 5.98. The Balaban J connectivity index is 1.73. The van der Waals surface area contributed by atoms with Crippen molar-refractivity contribution < 1.29 is 9.47 Å². The molecule has 0 aromatic carbocycles. The van der Waals surface area contributed by atoms with Crippen LogP contribution in [0.2, 0.25) is 0 Å². The number of hydrogen-bond acceptors (Lipinski definition) is 3. The largest absolute Gasteiger partial charge is 0.385 e. The van der Waals surface area contributed by atoms with Gasteiger partial charge in [0, 0.05) is 46.5 Å². The van der Waals surface area contributed by atoms with E-state index in [0.29, 0.717) is 6.10 Å². The van der Waals surface area contributed by atoms with E-state index in [1.807, 2.05) is 0 Å². The Kier molecular flexibility index (Phi) is 10.4. The maximum Gasteiger partial charge on any atom is 0.193 e. The van der Waals surface area contributed by atoms with Gasteiger partial charge in [-0.3, -0.25) is 4.99 Å². The summed E-state index contributed by atoms with van der Waals surface area (Å²) in [4.78, 5) is 7.42. The number of methoxy groups -OCH3 is 1. The molecule has 152 valence electrons. The fourth-order valence-electron chi connectivity index (χ4n) is 4.15. The summed E-state index contributed by atoms with van der Waals surface area (Å²) in [5.74, 6) is 2.86. The van der Waals surface area contributed by atoms with Gasteiger partial charge >= 0.3 is 0 Å². The van der Waals surface area contributed by atoms with Crippen molar-refractivity contribution in [2.45, 2.75) is 71.3 Å². The first-order valence-electron chi connectivity index (χ1n) is 10.9. The number of aliphatic imine (C=N–C) groups is 1. The third kappa shape index (κ3) is 7.43. The highest BCUT2D eigenvalue weighted by Gasteiger charge is 2.23. The summed E-state index contributed by atoms with van der Waals surface area (Å²) in [7, 11) is 1.75. The molecule has 0 amide bonds. The van der Waals surface area contributed by atoms with Gasteiger partial charge in [0.25, 0.3) is 0 Å². The van der Waals surface area contributed by atoms with Gasteiger partial charge in [-0.15, -0.1) is 0 Å². The first-order chi connectivity index (χ1) is 12.8. The van der Waals surface area contributed by atoms with Gasteiger partial charge in [0.15, 0.2) is 5.96 Å². The molecule has 0 bridgehead atoms. The lowest BCUT2D eigenvalue weighted by Crippen LogP contribution is -2.47. The third-order valence-electron chi connectivity index (χ3n) is 5.97. The fourth-order valence-corrected chi connectivity index (χ4v) is 4.15. The van der Waals surface area contributed by atoms with Gasteiger partial charge in [0.2, 0.25) is 0 Å². The minimum atomic E-state index is 0.398. The number of ether oxygens (including phenoxy) is 2. The highest BCUT2D eigenvalue weighted by molar-refractivity contribution is 5.80. The Hall–Kier alpha value is -0.810. The van der Waals surface area contributed by atoms with Crippen LogP contribution in [0, 0.1) is 11.8 Å². The lowest BCUT2D eigenvalue weighted by atomic mass is 9.81. The summed E-state index contributed by atoms with van der Waals surface area (Å²) >= 11 is 0. The first kappa shape index (κ1) is 21.5. The molecule has 5 heteroatoms. The molecule has 5 nitrogen and oxygen atoms in total. The molecule has 1 aliphatic heterocycles. The average molecular weight is 368 g/mol. The minimum absolute atomic E-state index is 0.398. The molecule has 0 aromatic heterocycles. The SMILES string of the molecule is CCNC(=NCC1CCC(CC)CC1)N1CCC(OCCCOC)CC1. The number of piperidine rings is 1.